The van der Waals surface area contributed by atoms with Crippen LogP contribution in [-0.4, -0.2) is 14.2 Å². The molecule has 0 aliphatic rings. The zero-order chi connectivity index (χ0) is 13.9. The Morgan fingerprint density at radius 3 is 2.60 bits per heavy atom. The van der Waals surface area contributed by atoms with Crippen molar-refractivity contribution in [3.63, 3.8) is 0 Å². The third kappa shape index (κ3) is 2.40. The van der Waals surface area contributed by atoms with Crippen LogP contribution in [0.4, 0.5) is 0 Å². The van der Waals surface area contributed by atoms with E-state index in [4.69, 9.17) is 9.15 Å². The van der Waals surface area contributed by atoms with Crippen LogP contribution >= 0.6 is 0 Å². The molecule has 3 rings (SSSR count). The lowest BCUT2D eigenvalue weighted by molar-refractivity contribution is 0.415. The smallest absolute Gasteiger partial charge is 0.134 e. The van der Waals surface area contributed by atoms with Crippen LogP contribution < -0.4 is 10.1 Å². The maximum Gasteiger partial charge on any atom is 0.134 e. The average molecular weight is 267 g/mol. The van der Waals surface area contributed by atoms with Gasteiger partial charge in [0.2, 0.25) is 0 Å². The summed E-state index contributed by atoms with van der Waals surface area (Å²) in [7, 11) is 3.59. The molecule has 0 unspecified atom stereocenters. The van der Waals surface area contributed by atoms with E-state index in [-0.39, 0.29) is 0 Å². The summed E-state index contributed by atoms with van der Waals surface area (Å²) in [5.74, 6) is 2.71. The first-order chi connectivity index (χ1) is 9.80. The lowest BCUT2D eigenvalue weighted by Gasteiger charge is -2.04. The van der Waals surface area contributed by atoms with E-state index in [0.717, 1.165) is 34.8 Å². The highest BCUT2D eigenvalue weighted by molar-refractivity contribution is 5.87. The van der Waals surface area contributed by atoms with Crippen molar-refractivity contribution in [2.24, 2.45) is 0 Å². The molecule has 0 amide bonds. The number of hydrogen-bond acceptors (Lipinski definition) is 3. The molecular weight excluding hydrogens is 250 g/mol. The van der Waals surface area contributed by atoms with Gasteiger partial charge < -0.3 is 14.5 Å². The molecule has 102 valence electrons. The van der Waals surface area contributed by atoms with Crippen molar-refractivity contribution in [1.29, 1.82) is 0 Å². The van der Waals surface area contributed by atoms with Crippen LogP contribution in [0, 0.1) is 0 Å². The molecule has 0 bridgehead atoms. The minimum atomic E-state index is 0.741. The van der Waals surface area contributed by atoms with Crippen LogP contribution in [0.25, 0.3) is 22.1 Å². The fourth-order valence-corrected chi connectivity index (χ4v) is 2.31. The topological polar surface area (TPSA) is 34.4 Å². The van der Waals surface area contributed by atoms with Crippen molar-refractivity contribution >= 4 is 10.8 Å². The van der Waals surface area contributed by atoms with Crippen molar-refractivity contribution in [3.8, 4) is 17.1 Å². The summed E-state index contributed by atoms with van der Waals surface area (Å²) in [6, 6.07) is 16.4. The Morgan fingerprint density at radius 1 is 1.00 bits per heavy atom. The lowest BCUT2D eigenvalue weighted by atomic mass is 10.1. The number of nitrogens with one attached hydrogen (secondary N) is 1. The standard InChI is InChI=1S/C17H17NO2/c1-18-11-16-7-8-17(20-16)14-4-3-13-10-15(19-2)6-5-12(13)9-14/h3-10,18H,11H2,1-2H3. The summed E-state index contributed by atoms with van der Waals surface area (Å²) >= 11 is 0. The van der Waals surface area contributed by atoms with E-state index in [1.807, 2.05) is 31.3 Å². The van der Waals surface area contributed by atoms with Crippen LogP contribution in [0.1, 0.15) is 5.76 Å². The van der Waals surface area contributed by atoms with Crippen LogP contribution in [0.5, 0.6) is 5.75 Å². The Balaban J connectivity index is 1.99. The highest BCUT2D eigenvalue weighted by Gasteiger charge is 2.05. The molecule has 2 aromatic carbocycles. The number of fused-ring (bicyclic) bond motifs is 1. The van der Waals surface area contributed by atoms with E-state index in [1.54, 1.807) is 7.11 Å². The third-order valence-corrected chi connectivity index (χ3v) is 3.34. The van der Waals surface area contributed by atoms with Crippen LogP contribution in [0.2, 0.25) is 0 Å². The molecule has 0 radical (unpaired) electrons. The molecule has 0 spiro atoms. The van der Waals surface area contributed by atoms with Gasteiger partial charge in [-0.25, -0.2) is 0 Å². The van der Waals surface area contributed by atoms with Crippen LogP contribution in [-0.2, 0) is 6.54 Å². The van der Waals surface area contributed by atoms with Gasteiger partial charge in [-0.1, -0.05) is 18.2 Å². The van der Waals surface area contributed by atoms with Gasteiger partial charge >= 0.3 is 0 Å². The molecule has 0 atom stereocenters. The molecular formula is C17H17NO2. The number of benzene rings is 2. The first-order valence-corrected chi connectivity index (χ1v) is 6.61. The number of methoxy groups -OCH3 is 1. The Kier molecular flexibility index (Phi) is 3.44. The molecule has 3 nitrogen and oxygen atoms in total. The minimum absolute atomic E-state index is 0.741. The van der Waals surface area contributed by atoms with Gasteiger partial charge in [0.25, 0.3) is 0 Å². The highest BCUT2D eigenvalue weighted by atomic mass is 16.5. The number of furan rings is 1. The van der Waals surface area contributed by atoms with Gasteiger partial charge in [-0.05, 0) is 48.2 Å². The molecule has 0 saturated heterocycles. The summed E-state index contributed by atoms with van der Waals surface area (Å²) in [5, 5.41) is 5.42. The number of rotatable bonds is 4. The van der Waals surface area contributed by atoms with Crippen molar-refractivity contribution in [2.75, 3.05) is 14.2 Å². The van der Waals surface area contributed by atoms with Gasteiger partial charge in [0.05, 0.1) is 13.7 Å². The van der Waals surface area contributed by atoms with Gasteiger partial charge in [0.1, 0.15) is 17.3 Å². The first kappa shape index (κ1) is 12.8. The van der Waals surface area contributed by atoms with E-state index >= 15 is 0 Å². The van der Waals surface area contributed by atoms with E-state index in [9.17, 15) is 0 Å². The molecule has 0 aliphatic carbocycles. The zero-order valence-electron chi connectivity index (χ0n) is 11.6. The summed E-state index contributed by atoms with van der Waals surface area (Å²) < 4.78 is 11.1. The predicted octanol–water partition coefficient (Wildman–Crippen LogP) is 3.83. The van der Waals surface area contributed by atoms with Gasteiger partial charge in [-0.15, -0.1) is 0 Å². The van der Waals surface area contributed by atoms with Crippen molar-refractivity contribution in [2.45, 2.75) is 6.54 Å². The van der Waals surface area contributed by atoms with Gasteiger partial charge in [0.15, 0.2) is 0 Å². The van der Waals surface area contributed by atoms with E-state index in [0.29, 0.717) is 0 Å². The molecule has 0 saturated carbocycles. The van der Waals surface area contributed by atoms with Gasteiger partial charge in [-0.2, -0.15) is 0 Å². The van der Waals surface area contributed by atoms with Crippen molar-refractivity contribution < 1.29 is 9.15 Å². The molecule has 1 heterocycles. The third-order valence-electron chi connectivity index (χ3n) is 3.34. The van der Waals surface area contributed by atoms with Gasteiger partial charge in [-0.3, -0.25) is 0 Å². The monoisotopic (exact) mass is 267 g/mol. The molecule has 1 aromatic heterocycles. The van der Waals surface area contributed by atoms with Crippen molar-refractivity contribution in [3.05, 3.63) is 54.3 Å². The molecule has 0 fully saturated rings. The Bertz CT molecular complexity index is 731. The molecule has 3 aromatic rings. The Hall–Kier alpha value is -2.26. The Labute approximate surface area is 118 Å². The quantitative estimate of drug-likeness (QED) is 0.780. The zero-order valence-corrected chi connectivity index (χ0v) is 11.6. The first-order valence-electron chi connectivity index (χ1n) is 6.61. The second-order valence-electron chi connectivity index (χ2n) is 4.72. The molecule has 3 heteroatoms. The second kappa shape index (κ2) is 5.39. The highest BCUT2D eigenvalue weighted by Crippen LogP contribution is 2.28. The van der Waals surface area contributed by atoms with Crippen molar-refractivity contribution in [1.82, 2.24) is 5.32 Å². The van der Waals surface area contributed by atoms with E-state index < -0.39 is 0 Å². The lowest BCUT2D eigenvalue weighted by Crippen LogP contribution is -2.03. The maximum atomic E-state index is 5.82. The maximum absolute atomic E-state index is 5.82. The largest absolute Gasteiger partial charge is 0.497 e. The van der Waals surface area contributed by atoms with E-state index in [1.165, 1.54) is 5.39 Å². The second-order valence-corrected chi connectivity index (χ2v) is 4.72. The fourth-order valence-electron chi connectivity index (χ4n) is 2.31. The molecule has 20 heavy (non-hydrogen) atoms. The van der Waals surface area contributed by atoms with Crippen LogP contribution in [0.3, 0.4) is 0 Å². The Morgan fingerprint density at radius 2 is 1.80 bits per heavy atom. The summed E-state index contributed by atoms with van der Waals surface area (Å²) in [4.78, 5) is 0. The normalized spacial score (nSPS) is 10.9. The van der Waals surface area contributed by atoms with Gasteiger partial charge in [0, 0.05) is 5.56 Å². The SMILES string of the molecule is CNCc1ccc(-c2ccc3cc(OC)ccc3c2)o1. The summed E-state index contributed by atoms with van der Waals surface area (Å²) in [6.45, 7) is 0.741. The predicted molar refractivity (Wildman–Crippen MR) is 81.0 cm³/mol. The van der Waals surface area contributed by atoms with Crippen LogP contribution in [0.15, 0.2) is 52.9 Å². The number of hydrogen-bond donors (Lipinski definition) is 1. The molecule has 0 aliphatic heterocycles. The van der Waals surface area contributed by atoms with E-state index in [2.05, 4.69) is 29.6 Å². The number of ether oxygens (including phenoxy) is 1. The molecule has 1 N–H and O–H groups in total. The summed E-state index contributed by atoms with van der Waals surface area (Å²) in [6.07, 6.45) is 0. The average Bonchev–Trinajstić information content (AvgIpc) is 2.95. The minimum Gasteiger partial charge on any atom is -0.497 e. The fraction of sp³-hybridized carbons (Fsp3) is 0.176. The summed E-state index contributed by atoms with van der Waals surface area (Å²) in [5.41, 5.74) is 1.09.